The van der Waals surface area contributed by atoms with Crippen LogP contribution in [0.25, 0.3) is 5.82 Å². The number of aryl methyl sites for hydroxylation is 3. The SMILES string of the molecule is Cc1ccc(C(=O)Nc2ccc(Oc3ccc(-n4cnc(C)c4C)nn3)cc2)c(C)c1. The van der Waals surface area contributed by atoms with E-state index in [2.05, 4.69) is 20.5 Å². The molecule has 2 aromatic heterocycles. The van der Waals surface area contributed by atoms with E-state index in [9.17, 15) is 4.79 Å². The molecule has 0 radical (unpaired) electrons. The molecule has 2 aromatic carbocycles. The minimum atomic E-state index is -0.141. The summed E-state index contributed by atoms with van der Waals surface area (Å²) in [6, 6.07) is 16.5. The van der Waals surface area contributed by atoms with Crippen molar-refractivity contribution in [3.63, 3.8) is 0 Å². The number of hydrogen-bond donors (Lipinski definition) is 1. The number of anilines is 1. The van der Waals surface area contributed by atoms with Gasteiger partial charge in [0.25, 0.3) is 5.91 Å². The van der Waals surface area contributed by atoms with E-state index in [1.807, 2.05) is 56.5 Å². The molecule has 0 saturated carbocycles. The van der Waals surface area contributed by atoms with Crippen molar-refractivity contribution >= 4 is 11.6 Å². The highest BCUT2D eigenvalue weighted by Gasteiger charge is 2.10. The van der Waals surface area contributed by atoms with Gasteiger partial charge >= 0.3 is 0 Å². The van der Waals surface area contributed by atoms with Gasteiger partial charge in [0, 0.05) is 23.0 Å². The van der Waals surface area contributed by atoms with Crippen LogP contribution in [-0.2, 0) is 0 Å². The Morgan fingerprint density at radius 2 is 1.71 bits per heavy atom. The van der Waals surface area contributed by atoms with Crippen molar-refractivity contribution in [2.75, 3.05) is 5.32 Å². The van der Waals surface area contributed by atoms with Gasteiger partial charge in [-0.15, -0.1) is 10.2 Å². The zero-order valence-electron chi connectivity index (χ0n) is 17.9. The van der Waals surface area contributed by atoms with Gasteiger partial charge in [0.05, 0.1) is 5.69 Å². The number of carbonyl (C=O) groups is 1. The van der Waals surface area contributed by atoms with Crippen LogP contribution in [0.1, 0.15) is 32.9 Å². The van der Waals surface area contributed by atoms with Crippen LogP contribution in [0.3, 0.4) is 0 Å². The molecule has 31 heavy (non-hydrogen) atoms. The normalized spacial score (nSPS) is 10.7. The molecule has 4 aromatic rings. The first kappa shape index (κ1) is 20.3. The molecule has 0 aliphatic carbocycles. The Labute approximate surface area is 180 Å². The Kier molecular flexibility index (Phi) is 5.49. The highest BCUT2D eigenvalue weighted by atomic mass is 16.5. The quantitative estimate of drug-likeness (QED) is 0.501. The molecule has 7 heteroatoms. The van der Waals surface area contributed by atoms with E-state index in [-0.39, 0.29) is 5.91 Å². The number of hydrogen-bond acceptors (Lipinski definition) is 5. The minimum Gasteiger partial charge on any atom is -0.438 e. The van der Waals surface area contributed by atoms with Crippen molar-refractivity contribution in [1.82, 2.24) is 19.7 Å². The maximum Gasteiger partial charge on any atom is 0.255 e. The zero-order valence-corrected chi connectivity index (χ0v) is 17.9. The Morgan fingerprint density at radius 3 is 2.32 bits per heavy atom. The predicted octanol–water partition coefficient (Wildman–Crippen LogP) is 4.94. The van der Waals surface area contributed by atoms with Crippen LogP contribution in [0.2, 0.25) is 0 Å². The average molecular weight is 413 g/mol. The second-order valence-electron chi connectivity index (χ2n) is 7.41. The van der Waals surface area contributed by atoms with Crippen LogP contribution < -0.4 is 10.1 Å². The summed E-state index contributed by atoms with van der Waals surface area (Å²) in [5, 5.41) is 11.3. The number of carbonyl (C=O) groups excluding carboxylic acids is 1. The Bertz CT molecular complexity index is 1230. The molecule has 1 amide bonds. The lowest BCUT2D eigenvalue weighted by Crippen LogP contribution is -2.13. The first-order valence-electron chi connectivity index (χ1n) is 9.92. The van der Waals surface area contributed by atoms with E-state index < -0.39 is 0 Å². The van der Waals surface area contributed by atoms with Gasteiger partial charge in [-0.2, -0.15) is 0 Å². The van der Waals surface area contributed by atoms with Gasteiger partial charge in [-0.05, 0) is 69.7 Å². The fourth-order valence-corrected chi connectivity index (χ4v) is 3.22. The fourth-order valence-electron chi connectivity index (χ4n) is 3.22. The topological polar surface area (TPSA) is 81.9 Å². The molecule has 0 spiro atoms. The van der Waals surface area contributed by atoms with Crippen LogP contribution in [-0.4, -0.2) is 25.7 Å². The number of ether oxygens (including phenoxy) is 1. The highest BCUT2D eigenvalue weighted by Crippen LogP contribution is 2.22. The number of benzene rings is 2. The molecule has 0 atom stereocenters. The molecule has 0 bridgehead atoms. The van der Waals surface area contributed by atoms with Crippen molar-refractivity contribution in [2.45, 2.75) is 27.7 Å². The first-order valence-corrected chi connectivity index (χ1v) is 9.92. The molecular weight excluding hydrogens is 390 g/mol. The van der Waals surface area contributed by atoms with Crippen LogP contribution in [0.5, 0.6) is 11.6 Å². The third-order valence-electron chi connectivity index (χ3n) is 5.09. The molecule has 0 aliphatic rings. The molecule has 0 aliphatic heterocycles. The number of imidazole rings is 1. The molecule has 156 valence electrons. The minimum absolute atomic E-state index is 0.141. The summed E-state index contributed by atoms with van der Waals surface area (Å²) in [7, 11) is 0. The summed E-state index contributed by atoms with van der Waals surface area (Å²) in [6.07, 6.45) is 1.72. The predicted molar refractivity (Wildman–Crippen MR) is 119 cm³/mol. The number of amides is 1. The van der Waals surface area contributed by atoms with Gasteiger partial charge in [0.15, 0.2) is 5.82 Å². The van der Waals surface area contributed by atoms with E-state index in [1.165, 1.54) is 0 Å². The lowest BCUT2D eigenvalue weighted by molar-refractivity contribution is 0.102. The monoisotopic (exact) mass is 413 g/mol. The van der Waals surface area contributed by atoms with E-state index in [1.54, 1.807) is 36.7 Å². The second-order valence-corrected chi connectivity index (χ2v) is 7.41. The van der Waals surface area contributed by atoms with Crippen molar-refractivity contribution in [1.29, 1.82) is 0 Å². The van der Waals surface area contributed by atoms with Crippen molar-refractivity contribution < 1.29 is 9.53 Å². The third kappa shape index (κ3) is 4.45. The molecule has 0 unspecified atom stereocenters. The summed E-state index contributed by atoms with van der Waals surface area (Å²) in [5.41, 5.74) is 5.38. The summed E-state index contributed by atoms with van der Waals surface area (Å²) in [4.78, 5) is 16.8. The van der Waals surface area contributed by atoms with Gasteiger partial charge in [-0.3, -0.25) is 9.36 Å². The largest absolute Gasteiger partial charge is 0.438 e. The molecule has 2 heterocycles. The number of nitrogens with zero attached hydrogens (tertiary/aromatic N) is 4. The molecule has 0 fully saturated rings. The fraction of sp³-hybridized carbons (Fsp3) is 0.167. The molecule has 7 nitrogen and oxygen atoms in total. The zero-order chi connectivity index (χ0) is 22.0. The maximum atomic E-state index is 12.5. The summed E-state index contributed by atoms with van der Waals surface area (Å²) >= 11 is 0. The Morgan fingerprint density at radius 1 is 0.935 bits per heavy atom. The molecule has 4 rings (SSSR count). The van der Waals surface area contributed by atoms with E-state index in [0.29, 0.717) is 28.7 Å². The van der Waals surface area contributed by atoms with E-state index >= 15 is 0 Å². The van der Waals surface area contributed by atoms with Crippen LogP contribution >= 0.6 is 0 Å². The van der Waals surface area contributed by atoms with Gasteiger partial charge in [-0.25, -0.2) is 4.98 Å². The second kappa shape index (κ2) is 8.39. The average Bonchev–Trinajstić information content (AvgIpc) is 3.08. The number of rotatable bonds is 5. The smallest absolute Gasteiger partial charge is 0.255 e. The summed E-state index contributed by atoms with van der Waals surface area (Å²) < 4.78 is 7.64. The summed E-state index contributed by atoms with van der Waals surface area (Å²) in [5.74, 6) is 1.51. The molecular formula is C24H23N5O2. The Balaban J connectivity index is 1.41. The lowest BCUT2D eigenvalue weighted by Gasteiger charge is -2.10. The Hall–Kier alpha value is -4.00. The number of nitrogens with one attached hydrogen (secondary N) is 1. The molecule has 0 saturated heterocycles. The van der Waals surface area contributed by atoms with Crippen LogP contribution in [0, 0.1) is 27.7 Å². The van der Waals surface area contributed by atoms with E-state index in [4.69, 9.17) is 4.74 Å². The van der Waals surface area contributed by atoms with Crippen molar-refractivity contribution in [3.05, 3.63) is 89.0 Å². The van der Waals surface area contributed by atoms with Crippen molar-refractivity contribution in [3.8, 4) is 17.4 Å². The van der Waals surface area contributed by atoms with Crippen LogP contribution in [0.4, 0.5) is 5.69 Å². The standard InChI is InChI=1S/C24H23N5O2/c1-15-5-10-21(16(2)13-15)24(30)26-19-6-8-20(9-7-19)31-23-12-11-22(27-28-23)29-14-25-17(3)18(29)4/h5-14H,1-4H3,(H,26,30). The van der Waals surface area contributed by atoms with Crippen molar-refractivity contribution in [2.24, 2.45) is 0 Å². The first-order chi connectivity index (χ1) is 14.9. The van der Waals surface area contributed by atoms with Gasteiger partial charge in [0.2, 0.25) is 5.88 Å². The van der Waals surface area contributed by atoms with Gasteiger partial charge < -0.3 is 10.1 Å². The summed E-state index contributed by atoms with van der Waals surface area (Å²) in [6.45, 7) is 7.87. The van der Waals surface area contributed by atoms with E-state index in [0.717, 1.165) is 22.5 Å². The van der Waals surface area contributed by atoms with Gasteiger partial charge in [-0.1, -0.05) is 17.7 Å². The third-order valence-corrected chi connectivity index (χ3v) is 5.09. The highest BCUT2D eigenvalue weighted by molar-refractivity contribution is 6.05. The maximum absolute atomic E-state index is 12.5. The van der Waals surface area contributed by atoms with Gasteiger partial charge in [0.1, 0.15) is 12.1 Å². The number of aromatic nitrogens is 4. The lowest BCUT2D eigenvalue weighted by atomic mass is 10.1. The molecule has 1 N–H and O–H groups in total. The van der Waals surface area contributed by atoms with Crippen LogP contribution in [0.15, 0.2) is 60.9 Å².